The number of sulfonamides is 1. The Labute approximate surface area is 140 Å². The quantitative estimate of drug-likeness (QED) is 0.786. The van der Waals surface area contributed by atoms with E-state index in [1.807, 2.05) is 6.07 Å². The molecule has 0 radical (unpaired) electrons. The van der Waals surface area contributed by atoms with Crippen LogP contribution in [0.5, 0.6) is 0 Å². The van der Waals surface area contributed by atoms with Crippen molar-refractivity contribution in [1.82, 2.24) is 29.1 Å². The third-order valence-corrected chi connectivity index (χ3v) is 6.34. The van der Waals surface area contributed by atoms with E-state index in [0.29, 0.717) is 13.1 Å². The van der Waals surface area contributed by atoms with E-state index in [-0.39, 0.29) is 11.1 Å². The van der Waals surface area contributed by atoms with Crippen LogP contribution in [-0.4, -0.2) is 82.9 Å². The number of piperazine rings is 1. The van der Waals surface area contributed by atoms with Crippen molar-refractivity contribution in [3.8, 4) is 0 Å². The van der Waals surface area contributed by atoms with Gasteiger partial charge in [0, 0.05) is 57.7 Å². The summed E-state index contributed by atoms with van der Waals surface area (Å²) in [5, 5.41) is 0.159. The summed E-state index contributed by atoms with van der Waals surface area (Å²) in [6.45, 7) is 4.55. The molecule has 0 atom stereocenters. The minimum absolute atomic E-state index is 0.159. The van der Waals surface area contributed by atoms with E-state index in [1.54, 1.807) is 12.4 Å². The molecule has 0 spiro atoms. The van der Waals surface area contributed by atoms with Crippen LogP contribution in [0.15, 0.2) is 36.0 Å². The molecule has 9 nitrogen and oxygen atoms in total. The Morgan fingerprint density at radius 1 is 1.08 bits per heavy atom. The largest absolute Gasteiger partial charge is 0.338 e. The predicted molar refractivity (Wildman–Crippen MR) is 87.0 cm³/mol. The summed E-state index contributed by atoms with van der Waals surface area (Å²) in [5.41, 5.74) is 0. The van der Waals surface area contributed by atoms with Crippen LogP contribution in [0.1, 0.15) is 0 Å². The van der Waals surface area contributed by atoms with Gasteiger partial charge in [0.25, 0.3) is 10.0 Å². The molecule has 0 saturated carbocycles. The summed E-state index contributed by atoms with van der Waals surface area (Å²) in [7, 11) is -3.43. The first-order valence-corrected chi connectivity index (χ1v) is 9.33. The number of rotatable bonds is 4. The van der Waals surface area contributed by atoms with Gasteiger partial charge < -0.3 is 9.88 Å². The minimum atomic E-state index is -3.43. The molecule has 1 N–H and O–H groups in total. The number of aromatic amines is 1. The Kier molecular flexibility index (Phi) is 3.94. The van der Waals surface area contributed by atoms with Gasteiger partial charge in [-0.3, -0.25) is 4.90 Å². The molecule has 2 fully saturated rings. The van der Waals surface area contributed by atoms with Crippen LogP contribution in [0.25, 0.3) is 0 Å². The second-order valence-corrected chi connectivity index (χ2v) is 7.87. The lowest BCUT2D eigenvalue weighted by Gasteiger charge is -2.47. The fourth-order valence-corrected chi connectivity index (χ4v) is 4.52. The van der Waals surface area contributed by atoms with Crippen molar-refractivity contribution in [3.05, 3.63) is 31.0 Å². The first kappa shape index (κ1) is 15.5. The van der Waals surface area contributed by atoms with Gasteiger partial charge >= 0.3 is 0 Å². The highest BCUT2D eigenvalue weighted by atomic mass is 32.2. The molecule has 10 heteroatoms. The van der Waals surface area contributed by atoms with E-state index < -0.39 is 10.0 Å². The van der Waals surface area contributed by atoms with Gasteiger partial charge in [0.15, 0.2) is 5.03 Å². The highest BCUT2D eigenvalue weighted by molar-refractivity contribution is 7.89. The van der Waals surface area contributed by atoms with Crippen molar-refractivity contribution in [2.75, 3.05) is 44.2 Å². The summed E-state index contributed by atoms with van der Waals surface area (Å²) >= 11 is 0. The smallest absolute Gasteiger partial charge is 0.260 e. The van der Waals surface area contributed by atoms with Crippen LogP contribution >= 0.6 is 0 Å². The van der Waals surface area contributed by atoms with Gasteiger partial charge in [-0.05, 0) is 6.07 Å². The van der Waals surface area contributed by atoms with Crippen molar-refractivity contribution in [2.45, 2.75) is 11.1 Å². The molecule has 2 aromatic heterocycles. The number of nitrogens with one attached hydrogen (secondary N) is 1. The van der Waals surface area contributed by atoms with Gasteiger partial charge in [0.1, 0.15) is 0 Å². The molecule has 0 aromatic carbocycles. The van der Waals surface area contributed by atoms with Gasteiger partial charge in [0.2, 0.25) is 5.95 Å². The lowest BCUT2D eigenvalue weighted by atomic mass is 10.1. The van der Waals surface area contributed by atoms with Crippen LogP contribution in [-0.2, 0) is 10.0 Å². The van der Waals surface area contributed by atoms with Gasteiger partial charge in [0.05, 0.1) is 12.5 Å². The standard InChI is InChI=1S/C14H19N7O2S/c22-24(23,13-8-15-11-18-13)21-9-12(10-21)19-4-6-20(7-5-19)14-16-2-1-3-17-14/h1-3,8,11-12H,4-7,9-10H2,(H,15,18). The van der Waals surface area contributed by atoms with Gasteiger partial charge in [-0.1, -0.05) is 0 Å². The summed E-state index contributed by atoms with van der Waals surface area (Å²) in [6.07, 6.45) is 6.23. The number of imidazole rings is 1. The second-order valence-electron chi connectivity index (χ2n) is 5.96. The lowest BCUT2D eigenvalue weighted by molar-refractivity contribution is 0.0824. The molecule has 2 aromatic rings. The van der Waals surface area contributed by atoms with Crippen LogP contribution in [0.3, 0.4) is 0 Å². The van der Waals surface area contributed by atoms with E-state index in [4.69, 9.17) is 0 Å². The van der Waals surface area contributed by atoms with Gasteiger partial charge in [-0.2, -0.15) is 4.31 Å². The molecular formula is C14H19N7O2S. The number of hydrogen-bond donors (Lipinski definition) is 1. The molecule has 0 bridgehead atoms. The van der Waals surface area contributed by atoms with E-state index >= 15 is 0 Å². The van der Waals surface area contributed by atoms with Gasteiger partial charge in [-0.15, -0.1) is 0 Å². The molecule has 128 valence electrons. The maximum atomic E-state index is 12.4. The van der Waals surface area contributed by atoms with Crippen LogP contribution < -0.4 is 4.90 Å². The number of nitrogens with zero attached hydrogens (tertiary/aromatic N) is 6. The molecular weight excluding hydrogens is 330 g/mol. The van der Waals surface area contributed by atoms with Crippen molar-refractivity contribution in [3.63, 3.8) is 0 Å². The molecule has 2 saturated heterocycles. The minimum Gasteiger partial charge on any atom is -0.338 e. The number of aromatic nitrogens is 4. The first-order valence-electron chi connectivity index (χ1n) is 7.89. The zero-order valence-electron chi connectivity index (χ0n) is 13.1. The van der Waals surface area contributed by atoms with Crippen molar-refractivity contribution in [1.29, 1.82) is 0 Å². The maximum Gasteiger partial charge on any atom is 0.260 e. The fourth-order valence-electron chi connectivity index (χ4n) is 3.11. The average molecular weight is 349 g/mol. The van der Waals surface area contributed by atoms with Crippen LogP contribution in [0, 0.1) is 0 Å². The highest BCUT2D eigenvalue weighted by Gasteiger charge is 2.41. The molecule has 0 amide bonds. The molecule has 4 heterocycles. The number of H-pyrrole nitrogens is 1. The molecule has 24 heavy (non-hydrogen) atoms. The summed E-state index contributed by atoms with van der Waals surface area (Å²) in [5.74, 6) is 0.759. The summed E-state index contributed by atoms with van der Waals surface area (Å²) in [4.78, 5) is 19.5. The van der Waals surface area contributed by atoms with E-state index in [9.17, 15) is 8.42 Å². The van der Waals surface area contributed by atoms with Crippen LogP contribution in [0.2, 0.25) is 0 Å². The third kappa shape index (κ3) is 2.76. The Balaban J connectivity index is 1.31. The molecule has 2 aliphatic heterocycles. The maximum absolute atomic E-state index is 12.4. The summed E-state index contributed by atoms with van der Waals surface area (Å²) < 4.78 is 26.2. The predicted octanol–water partition coefficient (Wildman–Crippen LogP) is -0.605. The molecule has 4 rings (SSSR count). The van der Waals surface area contributed by atoms with Crippen molar-refractivity contribution < 1.29 is 8.42 Å². The Morgan fingerprint density at radius 3 is 2.42 bits per heavy atom. The number of hydrogen-bond acceptors (Lipinski definition) is 7. The van der Waals surface area contributed by atoms with Gasteiger partial charge in [-0.25, -0.2) is 23.4 Å². The normalized spacial score (nSPS) is 20.9. The Morgan fingerprint density at radius 2 is 1.79 bits per heavy atom. The lowest BCUT2D eigenvalue weighted by Crippen LogP contribution is -2.64. The average Bonchev–Trinajstić information content (AvgIpc) is 3.10. The second kappa shape index (κ2) is 6.11. The van der Waals surface area contributed by atoms with Crippen LogP contribution in [0.4, 0.5) is 5.95 Å². The van der Waals surface area contributed by atoms with Crippen molar-refractivity contribution >= 4 is 16.0 Å². The molecule has 0 aliphatic carbocycles. The first-order chi connectivity index (χ1) is 11.6. The fraction of sp³-hybridized carbons (Fsp3) is 0.500. The SMILES string of the molecule is O=S(=O)(c1cnc[nH]1)N1CC(N2CCN(c3ncccn3)CC2)C1. The topological polar surface area (TPSA) is 98.3 Å². The van der Waals surface area contributed by atoms with Crippen molar-refractivity contribution in [2.24, 2.45) is 0 Å². The highest BCUT2D eigenvalue weighted by Crippen LogP contribution is 2.24. The zero-order chi connectivity index (χ0) is 16.6. The monoisotopic (exact) mass is 349 g/mol. The zero-order valence-corrected chi connectivity index (χ0v) is 13.9. The Hall–Kier alpha value is -2.04. The van der Waals surface area contributed by atoms with E-state index in [1.165, 1.54) is 16.8 Å². The molecule has 0 unspecified atom stereocenters. The van der Waals surface area contributed by atoms with E-state index in [0.717, 1.165) is 32.1 Å². The third-order valence-electron chi connectivity index (χ3n) is 4.59. The van der Waals surface area contributed by atoms with E-state index in [2.05, 4.69) is 29.7 Å². The molecule has 2 aliphatic rings. The Bertz CT molecular complexity index is 767. The number of anilines is 1. The summed E-state index contributed by atoms with van der Waals surface area (Å²) in [6, 6.07) is 2.09.